The van der Waals surface area contributed by atoms with Crippen molar-refractivity contribution in [1.82, 2.24) is 5.32 Å². The SMILES string of the molecule is N=C(N)c1ccc2c(c1)=CCCCC=2C(Nc1cccc2ccccc12)C(=O)NC1CCC(N)CC1. The first-order chi connectivity index (χ1) is 17.5. The van der Waals surface area contributed by atoms with E-state index >= 15 is 0 Å². The topological polar surface area (TPSA) is 117 Å². The van der Waals surface area contributed by atoms with E-state index in [0.717, 1.165) is 77.4 Å². The number of hydrogen-bond donors (Lipinski definition) is 5. The molecule has 0 bridgehead atoms. The number of nitrogen functional groups attached to an aromatic ring is 1. The van der Waals surface area contributed by atoms with Gasteiger partial charge in [0.2, 0.25) is 5.91 Å². The molecule has 0 spiro atoms. The first-order valence-corrected chi connectivity index (χ1v) is 13.0. The fourth-order valence-corrected chi connectivity index (χ4v) is 5.54. The molecule has 0 heterocycles. The number of fused-ring (bicyclic) bond motifs is 2. The van der Waals surface area contributed by atoms with Crippen LogP contribution in [0.2, 0.25) is 0 Å². The van der Waals surface area contributed by atoms with E-state index in [2.05, 4.69) is 34.9 Å². The van der Waals surface area contributed by atoms with Gasteiger partial charge < -0.3 is 22.1 Å². The Labute approximate surface area is 212 Å². The number of carbonyl (C=O) groups excluding carboxylic acids is 1. The first kappa shape index (κ1) is 24.1. The summed E-state index contributed by atoms with van der Waals surface area (Å²) in [5.41, 5.74) is 14.6. The number of hydrogen-bond acceptors (Lipinski definition) is 4. The average Bonchev–Trinajstić information content (AvgIpc) is 3.10. The van der Waals surface area contributed by atoms with Crippen molar-refractivity contribution in [2.75, 3.05) is 5.32 Å². The maximum atomic E-state index is 13.9. The molecule has 1 atom stereocenters. The number of amides is 1. The molecular formula is C30H35N5O. The van der Waals surface area contributed by atoms with Gasteiger partial charge in [0.15, 0.2) is 0 Å². The van der Waals surface area contributed by atoms with Gasteiger partial charge in [-0.3, -0.25) is 10.2 Å². The Morgan fingerprint density at radius 1 is 1.00 bits per heavy atom. The van der Waals surface area contributed by atoms with Crippen LogP contribution in [0.3, 0.4) is 0 Å². The van der Waals surface area contributed by atoms with Gasteiger partial charge in [0.05, 0.1) is 0 Å². The summed E-state index contributed by atoms with van der Waals surface area (Å²) in [5.74, 6) is 0.0533. The molecule has 2 aliphatic rings. The van der Waals surface area contributed by atoms with Crippen molar-refractivity contribution in [3.05, 3.63) is 76.7 Å². The third kappa shape index (κ3) is 5.14. The van der Waals surface area contributed by atoms with E-state index in [4.69, 9.17) is 16.9 Å². The van der Waals surface area contributed by atoms with Crippen molar-refractivity contribution in [2.24, 2.45) is 11.5 Å². The fourth-order valence-electron chi connectivity index (χ4n) is 5.54. The summed E-state index contributed by atoms with van der Waals surface area (Å²) in [6.45, 7) is 0. The highest BCUT2D eigenvalue weighted by molar-refractivity contribution is 6.00. The molecule has 7 N–H and O–H groups in total. The highest BCUT2D eigenvalue weighted by Crippen LogP contribution is 2.27. The number of nitrogens with two attached hydrogens (primary N) is 2. The van der Waals surface area contributed by atoms with E-state index in [9.17, 15) is 4.79 Å². The predicted molar refractivity (Wildman–Crippen MR) is 148 cm³/mol. The molecule has 5 rings (SSSR count). The molecule has 2 aliphatic carbocycles. The minimum Gasteiger partial charge on any atom is -0.384 e. The molecule has 1 unspecified atom stereocenters. The second-order valence-electron chi connectivity index (χ2n) is 10.1. The van der Waals surface area contributed by atoms with Crippen LogP contribution in [0.15, 0.2) is 60.7 Å². The van der Waals surface area contributed by atoms with E-state index < -0.39 is 6.04 Å². The Hall–Kier alpha value is -3.64. The van der Waals surface area contributed by atoms with Crippen LogP contribution in [0.25, 0.3) is 22.4 Å². The number of amidine groups is 1. The molecule has 0 saturated heterocycles. The summed E-state index contributed by atoms with van der Waals surface area (Å²) in [5, 5.41) is 19.2. The first-order valence-electron chi connectivity index (χ1n) is 13.0. The number of carbonyl (C=O) groups is 1. The summed E-state index contributed by atoms with van der Waals surface area (Å²) < 4.78 is 0. The van der Waals surface area contributed by atoms with E-state index in [1.165, 1.54) is 0 Å². The number of rotatable bonds is 6. The van der Waals surface area contributed by atoms with Gasteiger partial charge in [-0.25, -0.2) is 0 Å². The van der Waals surface area contributed by atoms with Gasteiger partial charge in [-0.15, -0.1) is 0 Å². The zero-order chi connectivity index (χ0) is 25.1. The molecule has 0 aliphatic heterocycles. The van der Waals surface area contributed by atoms with E-state index in [-0.39, 0.29) is 23.8 Å². The van der Waals surface area contributed by atoms with Gasteiger partial charge in [-0.2, -0.15) is 0 Å². The smallest absolute Gasteiger partial charge is 0.247 e. The standard InChI is InChI=1S/C30H35N5O/c31-22-13-15-23(16-14-22)34-30(36)28(35-27-11-5-8-19-6-1-3-9-25(19)27)26-10-4-2-7-20-18-21(29(32)33)12-17-24(20)26/h1,3,5-9,11-12,17-18,22-23,28,35H,2,4,10,13-16,31H2,(H3,32,33)(H,34,36). The Morgan fingerprint density at radius 2 is 1.78 bits per heavy atom. The van der Waals surface area contributed by atoms with Crippen molar-refractivity contribution in [2.45, 2.75) is 63.1 Å². The molecule has 0 aromatic heterocycles. The van der Waals surface area contributed by atoms with Crippen LogP contribution in [-0.4, -0.2) is 29.9 Å². The Bertz CT molecular complexity index is 1400. The second-order valence-corrected chi connectivity index (χ2v) is 10.1. The monoisotopic (exact) mass is 481 g/mol. The van der Waals surface area contributed by atoms with Crippen LogP contribution in [0.5, 0.6) is 0 Å². The second kappa shape index (κ2) is 10.5. The van der Waals surface area contributed by atoms with Gasteiger partial charge in [0.1, 0.15) is 11.9 Å². The largest absolute Gasteiger partial charge is 0.384 e. The lowest BCUT2D eigenvalue weighted by Crippen LogP contribution is -2.49. The maximum absolute atomic E-state index is 13.9. The van der Waals surface area contributed by atoms with Gasteiger partial charge in [-0.05, 0) is 78.5 Å². The van der Waals surface area contributed by atoms with E-state index in [1.54, 1.807) is 0 Å². The lowest BCUT2D eigenvalue weighted by atomic mass is 9.91. The average molecular weight is 482 g/mol. The highest BCUT2D eigenvalue weighted by atomic mass is 16.2. The molecule has 6 nitrogen and oxygen atoms in total. The molecule has 186 valence electrons. The zero-order valence-electron chi connectivity index (χ0n) is 20.6. The summed E-state index contributed by atoms with van der Waals surface area (Å²) in [7, 11) is 0. The van der Waals surface area contributed by atoms with E-state index in [1.807, 2.05) is 42.5 Å². The zero-order valence-corrected chi connectivity index (χ0v) is 20.6. The van der Waals surface area contributed by atoms with Crippen molar-refractivity contribution in [1.29, 1.82) is 5.41 Å². The quantitative estimate of drug-likeness (QED) is 0.275. The van der Waals surface area contributed by atoms with Crippen molar-refractivity contribution in [3.8, 4) is 0 Å². The number of anilines is 1. The van der Waals surface area contributed by atoms with Crippen LogP contribution in [0.1, 0.15) is 50.5 Å². The minimum atomic E-state index is -0.514. The molecule has 6 heteroatoms. The summed E-state index contributed by atoms with van der Waals surface area (Å²) in [4.78, 5) is 13.9. The Morgan fingerprint density at radius 3 is 2.58 bits per heavy atom. The lowest BCUT2D eigenvalue weighted by molar-refractivity contribution is -0.121. The molecule has 1 amide bonds. The van der Waals surface area contributed by atoms with Crippen LogP contribution < -0.4 is 32.5 Å². The van der Waals surface area contributed by atoms with Crippen molar-refractivity contribution in [3.63, 3.8) is 0 Å². The molecule has 3 aromatic rings. The Kier molecular flexibility index (Phi) is 7.05. The summed E-state index contributed by atoms with van der Waals surface area (Å²) in [6, 6.07) is 20.1. The fraction of sp³-hybridized carbons (Fsp3) is 0.333. The van der Waals surface area contributed by atoms with Crippen molar-refractivity contribution >= 4 is 39.9 Å². The number of benzene rings is 3. The molecular weight excluding hydrogens is 446 g/mol. The van der Waals surface area contributed by atoms with Crippen LogP contribution >= 0.6 is 0 Å². The van der Waals surface area contributed by atoms with E-state index in [0.29, 0.717) is 5.56 Å². The highest BCUT2D eigenvalue weighted by Gasteiger charge is 2.28. The van der Waals surface area contributed by atoms with Gasteiger partial charge >= 0.3 is 0 Å². The molecule has 3 aromatic carbocycles. The van der Waals surface area contributed by atoms with Crippen LogP contribution in [0.4, 0.5) is 5.69 Å². The van der Waals surface area contributed by atoms with Crippen LogP contribution in [-0.2, 0) is 4.79 Å². The predicted octanol–water partition coefficient (Wildman–Crippen LogP) is 3.11. The third-order valence-electron chi connectivity index (χ3n) is 7.54. The minimum absolute atomic E-state index is 0.00176. The van der Waals surface area contributed by atoms with Crippen molar-refractivity contribution < 1.29 is 4.79 Å². The Balaban J connectivity index is 1.59. The third-order valence-corrected chi connectivity index (χ3v) is 7.54. The summed E-state index contributed by atoms with van der Waals surface area (Å²) >= 11 is 0. The molecule has 0 radical (unpaired) electrons. The van der Waals surface area contributed by atoms with Gasteiger partial charge in [-0.1, -0.05) is 54.6 Å². The normalized spacial score (nSPS) is 20.5. The molecule has 1 saturated carbocycles. The molecule has 1 fully saturated rings. The van der Waals surface area contributed by atoms with Crippen LogP contribution in [0, 0.1) is 5.41 Å². The molecule has 36 heavy (non-hydrogen) atoms. The summed E-state index contributed by atoms with van der Waals surface area (Å²) in [6.07, 6.45) is 8.59. The maximum Gasteiger partial charge on any atom is 0.247 e. The van der Waals surface area contributed by atoms with Gasteiger partial charge in [0, 0.05) is 28.7 Å². The lowest BCUT2D eigenvalue weighted by Gasteiger charge is -2.30. The van der Waals surface area contributed by atoms with Gasteiger partial charge in [0.25, 0.3) is 0 Å². The number of nitrogens with one attached hydrogen (secondary N) is 3.